The average molecular weight is 262 g/mol. The van der Waals surface area contributed by atoms with E-state index in [0.717, 1.165) is 5.56 Å². The van der Waals surface area contributed by atoms with Crippen LogP contribution >= 0.6 is 0 Å². The molecule has 19 heavy (non-hydrogen) atoms. The van der Waals surface area contributed by atoms with E-state index in [2.05, 4.69) is 0 Å². The van der Waals surface area contributed by atoms with Crippen LogP contribution < -0.4 is 0 Å². The van der Waals surface area contributed by atoms with Gasteiger partial charge in [-0.2, -0.15) is 0 Å². The number of rotatable bonds is 0. The van der Waals surface area contributed by atoms with Gasteiger partial charge in [0, 0.05) is 17.0 Å². The van der Waals surface area contributed by atoms with Gasteiger partial charge in [-0.15, -0.1) is 0 Å². The van der Waals surface area contributed by atoms with Crippen LogP contribution in [0, 0.1) is 18.8 Å². The zero-order valence-electron chi connectivity index (χ0n) is 10.8. The molecule has 4 heteroatoms. The van der Waals surface area contributed by atoms with E-state index in [9.17, 15) is 20.1 Å². The Morgan fingerprint density at radius 1 is 1.21 bits per heavy atom. The van der Waals surface area contributed by atoms with Crippen LogP contribution in [0.15, 0.2) is 12.1 Å². The van der Waals surface area contributed by atoms with Crippen molar-refractivity contribution in [1.29, 1.82) is 0 Å². The number of carbonyl (C=O) groups excluding carboxylic acids is 1. The molecule has 3 rings (SSSR count). The predicted octanol–water partition coefficient (Wildman–Crippen LogP) is 1.71. The highest BCUT2D eigenvalue weighted by Gasteiger charge is 2.45. The number of aliphatic hydroxyl groups excluding tert-OH is 2. The molecule has 1 saturated carbocycles. The van der Waals surface area contributed by atoms with Gasteiger partial charge in [0.05, 0.1) is 12.2 Å². The molecular weight excluding hydrogens is 244 g/mol. The number of carbonyl (C=O) groups is 1. The molecule has 0 spiro atoms. The molecule has 4 atom stereocenters. The summed E-state index contributed by atoms with van der Waals surface area (Å²) in [4.78, 5) is 12.5. The van der Waals surface area contributed by atoms with E-state index < -0.39 is 12.2 Å². The normalized spacial score (nSPS) is 33.7. The first-order valence-corrected chi connectivity index (χ1v) is 6.73. The molecule has 0 bridgehead atoms. The maximum atomic E-state index is 12.5. The van der Waals surface area contributed by atoms with Crippen molar-refractivity contribution >= 4 is 5.78 Å². The van der Waals surface area contributed by atoms with E-state index in [-0.39, 0.29) is 23.4 Å². The minimum atomic E-state index is -0.814. The fraction of sp³-hybridized carbons (Fsp3) is 0.533. The summed E-state index contributed by atoms with van der Waals surface area (Å²) >= 11 is 0. The summed E-state index contributed by atoms with van der Waals surface area (Å²) in [5.41, 5.74) is 1.58. The summed E-state index contributed by atoms with van der Waals surface area (Å²) < 4.78 is 0. The van der Waals surface area contributed by atoms with Gasteiger partial charge in [-0.25, -0.2) is 0 Å². The van der Waals surface area contributed by atoms with Gasteiger partial charge in [-0.05, 0) is 49.8 Å². The van der Waals surface area contributed by atoms with Gasteiger partial charge in [0.1, 0.15) is 5.75 Å². The lowest BCUT2D eigenvalue weighted by molar-refractivity contribution is -0.00270. The van der Waals surface area contributed by atoms with Gasteiger partial charge in [0.15, 0.2) is 5.78 Å². The number of hydrogen-bond acceptors (Lipinski definition) is 4. The number of ketones is 1. The highest BCUT2D eigenvalue weighted by Crippen LogP contribution is 2.48. The maximum absolute atomic E-state index is 12.5. The molecule has 0 heterocycles. The van der Waals surface area contributed by atoms with Crippen LogP contribution in [0.1, 0.15) is 46.9 Å². The molecule has 1 fully saturated rings. The number of Topliss-reactive ketones (excluding diaryl/α,β-unsaturated/α-hetero) is 1. The second-order valence-electron chi connectivity index (χ2n) is 5.79. The van der Waals surface area contributed by atoms with Crippen LogP contribution in [0.4, 0.5) is 0 Å². The van der Waals surface area contributed by atoms with E-state index in [1.54, 1.807) is 12.1 Å². The smallest absolute Gasteiger partial charge is 0.166 e. The van der Waals surface area contributed by atoms with Crippen molar-refractivity contribution in [2.24, 2.45) is 11.8 Å². The van der Waals surface area contributed by atoms with Crippen LogP contribution in [0.25, 0.3) is 0 Å². The zero-order chi connectivity index (χ0) is 13.7. The summed E-state index contributed by atoms with van der Waals surface area (Å²) in [5, 5.41) is 30.2. The molecule has 3 N–H and O–H groups in total. The molecule has 0 saturated heterocycles. The van der Waals surface area contributed by atoms with Crippen molar-refractivity contribution in [3.05, 3.63) is 28.8 Å². The van der Waals surface area contributed by atoms with Gasteiger partial charge >= 0.3 is 0 Å². The maximum Gasteiger partial charge on any atom is 0.166 e. The molecular formula is C15H18O4. The standard InChI is InChI=1S/C15H18O4/c1-7-4-11-13(12(17)5-7)15(19)9-3-2-8(16)6-10(9)14(11)18/h4-5,8-10,15-17,19H,2-3,6H2,1H3/t8-,9-,10-,15+/m1/s1. The summed E-state index contributed by atoms with van der Waals surface area (Å²) in [6, 6.07) is 3.30. The largest absolute Gasteiger partial charge is 0.508 e. The number of phenolic OH excluding ortho intramolecular Hbond substituents is 1. The minimum absolute atomic E-state index is 0.000391. The van der Waals surface area contributed by atoms with Gasteiger partial charge in [0.2, 0.25) is 0 Å². The fourth-order valence-electron chi connectivity index (χ4n) is 3.56. The Morgan fingerprint density at radius 2 is 1.95 bits per heavy atom. The quantitative estimate of drug-likeness (QED) is 0.665. The Balaban J connectivity index is 2.12. The van der Waals surface area contributed by atoms with Gasteiger partial charge < -0.3 is 15.3 Å². The lowest BCUT2D eigenvalue weighted by Gasteiger charge is -2.40. The second kappa shape index (κ2) is 4.32. The summed E-state index contributed by atoms with van der Waals surface area (Å²) in [6.45, 7) is 1.81. The van der Waals surface area contributed by atoms with Crippen LogP contribution in [-0.2, 0) is 0 Å². The SMILES string of the molecule is Cc1cc(O)c2c(c1)C(=O)[C@@H]1C[C@H](O)CC[C@H]1[C@@H]2O. The number of benzene rings is 1. The molecule has 1 aromatic rings. The lowest BCUT2D eigenvalue weighted by Crippen LogP contribution is -2.40. The molecule has 0 radical (unpaired) electrons. The highest BCUT2D eigenvalue weighted by atomic mass is 16.3. The van der Waals surface area contributed by atoms with E-state index in [1.807, 2.05) is 6.92 Å². The number of fused-ring (bicyclic) bond motifs is 2. The molecule has 4 nitrogen and oxygen atoms in total. The van der Waals surface area contributed by atoms with Crippen molar-refractivity contribution in [2.75, 3.05) is 0 Å². The van der Waals surface area contributed by atoms with Crippen LogP contribution in [0.5, 0.6) is 5.75 Å². The number of aryl methyl sites for hydroxylation is 1. The summed E-state index contributed by atoms with van der Waals surface area (Å²) in [7, 11) is 0. The Labute approximate surface area is 111 Å². The molecule has 0 amide bonds. The first kappa shape index (κ1) is 12.6. The summed E-state index contributed by atoms with van der Waals surface area (Å²) in [5.74, 6) is -0.562. The fourth-order valence-corrected chi connectivity index (χ4v) is 3.56. The van der Waals surface area contributed by atoms with E-state index >= 15 is 0 Å². The predicted molar refractivity (Wildman–Crippen MR) is 69.0 cm³/mol. The highest BCUT2D eigenvalue weighted by molar-refractivity contribution is 6.01. The molecule has 0 aromatic heterocycles. The lowest BCUT2D eigenvalue weighted by atomic mass is 9.65. The molecule has 2 aliphatic rings. The third-order valence-corrected chi connectivity index (χ3v) is 4.48. The minimum Gasteiger partial charge on any atom is -0.508 e. The van der Waals surface area contributed by atoms with Crippen molar-refractivity contribution < 1.29 is 20.1 Å². The van der Waals surface area contributed by atoms with Gasteiger partial charge in [0.25, 0.3) is 0 Å². The molecule has 1 aromatic carbocycles. The van der Waals surface area contributed by atoms with Gasteiger partial charge in [-0.3, -0.25) is 4.79 Å². The van der Waals surface area contributed by atoms with Crippen molar-refractivity contribution in [3.8, 4) is 5.75 Å². The third-order valence-electron chi connectivity index (χ3n) is 4.48. The van der Waals surface area contributed by atoms with Gasteiger partial charge in [-0.1, -0.05) is 0 Å². The second-order valence-corrected chi connectivity index (χ2v) is 5.79. The van der Waals surface area contributed by atoms with Crippen molar-refractivity contribution in [3.63, 3.8) is 0 Å². The molecule has 102 valence electrons. The van der Waals surface area contributed by atoms with Crippen LogP contribution in [-0.4, -0.2) is 27.2 Å². The van der Waals surface area contributed by atoms with E-state index in [4.69, 9.17) is 0 Å². The Hall–Kier alpha value is -1.39. The first-order chi connectivity index (χ1) is 8.99. The topological polar surface area (TPSA) is 77.8 Å². The van der Waals surface area contributed by atoms with Crippen molar-refractivity contribution in [2.45, 2.75) is 38.4 Å². The Kier molecular flexibility index (Phi) is 2.87. The third kappa shape index (κ3) is 1.86. The van der Waals surface area contributed by atoms with Crippen LogP contribution in [0.3, 0.4) is 0 Å². The Bertz CT molecular complexity index is 537. The first-order valence-electron chi connectivity index (χ1n) is 6.73. The number of phenols is 1. The summed E-state index contributed by atoms with van der Waals surface area (Å²) in [6.07, 6.45) is 0.358. The molecule has 2 aliphatic carbocycles. The zero-order valence-corrected chi connectivity index (χ0v) is 10.8. The number of aliphatic hydroxyl groups is 2. The molecule has 0 aliphatic heterocycles. The molecule has 0 unspecified atom stereocenters. The van der Waals surface area contributed by atoms with E-state index in [1.165, 1.54) is 0 Å². The monoisotopic (exact) mass is 262 g/mol. The Morgan fingerprint density at radius 3 is 2.68 bits per heavy atom. The van der Waals surface area contributed by atoms with Crippen molar-refractivity contribution in [1.82, 2.24) is 0 Å². The number of hydrogen-bond donors (Lipinski definition) is 3. The number of aromatic hydroxyl groups is 1. The van der Waals surface area contributed by atoms with E-state index in [0.29, 0.717) is 30.4 Å². The van der Waals surface area contributed by atoms with Crippen LogP contribution in [0.2, 0.25) is 0 Å². The average Bonchev–Trinajstić information content (AvgIpc) is 2.35.